The van der Waals surface area contributed by atoms with E-state index in [-0.39, 0.29) is 6.10 Å². The molecule has 2 nitrogen and oxygen atoms in total. The predicted molar refractivity (Wildman–Crippen MR) is 61.0 cm³/mol. The monoisotopic (exact) mass is 236 g/mol. The van der Waals surface area contributed by atoms with E-state index in [1.165, 1.54) is 19.3 Å². The molecule has 1 aliphatic carbocycles. The summed E-state index contributed by atoms with van der Waals surface area (Å²) in [7, 11) is -3.89. The van der Waals surface area contributed by atoms with E-state index in [9.17, 15) is 8.76 Å². The van der Waals surface area contributed by atoms with Crippen LogP contribution in [0, 0.1) is 5.92 Å². The van der Waals surface area contributed by atoms with E-state index in [1.807, 2.05) is 6.92 Å². The minimum atomic E-state index is -3.89. The Morgan fingerprint density at radius 3 is 2.20 bits per heavy atom. The van der Waals surface area contributed by atoms with Gasteiger partial charge in [-0.05, 0) is 25.7 Å². The Bertz CT molecular complexity index is 237. The molecule has 0 bridgehead atoms. The Hall–Kier alpha value is 0.120. The maximum absolute atomic E-state index is 13.6. The summed E-state index contributed by atoms with van der Waals surface area (Å²) >= 11 is 0. The molecule has 1 fully saturated rings. The van der Waals surface area contributed by atoms with Crippen molar-refractivity contribution in [1.29, 1.82) is 0 Å². The summed E-state index contributed by atoms with van der Waals surface area (Å²) in [6.45, 7) is 5.06. The van der Waals surface area contributed by atoms with Crippen LogP contribution in [0.15, 0.2) is 0 Å². The molecule has 1 saturated carbocycles. The van der Waals surface area contributed by atoms with Gasteiger partial charge in [0.1, 0.15) is 0 Å². The predicted octanol–water partition coefficient (Wildman–Crippen LogP) is 4.54. The van der Waals surface area contributed by atoms with Crippen LogP contribution in [0.2, 0.25) is 0 Å². The fourth-order valence-electron chi connectivity index (χ4n) is 2.04. The van der Waals surface area contributed by atoms with Gasteiger partial charge in [-0.2, -0.15) is 4.20 Å². The highest BCUT2D eigenvalue weighted by Crippen LogP contribution is 2.55. The molecule has 1 aliphatic rings. The second-order valence-electron chi connectivity index (χ2n) is 4.82. The molecule has 2 atom stereocenters. The summed E-state index contributed by atoms with van der Waals surface area (Å²) in [5.41, 5.74) is -0.524. The highest BCUT2D eigenvalue weighted by molar-refractivity contribution is 7.54. The number of halogens is 1. The molecule has 15 heavy (non-hydrogen) atoms. The van der Waals surface area contributed by atoms with Gasteiger partial charge in [-0.15, -0.1) is 0 Å². The lowest BCUT2D eigenvalue weighted by Crippen LogP contribution is -2.22. The molecule has 2 unspecified atom stereocenters. The molecule has 0 aliphatic heterocycles. The lowest BCUT2D eigenvalue weighted by Gasteiger charge is -2.29. The van der Waals surface area contributed by atoms with Crippen molar-refractivity contribution in [2.24, 2.45) is 5.92 Å². The zero-order valence-corrected chi connectivity index (χ0v) is 10.8. The van der Waals surface area contributed by atoms with Gasteiger partial charge in [0, 0.05) is 0 Å². The van der Waals surface area contributed by atoms with Crippen molar-refractivity contribution in [2.75, 3.05) is 0 Å². The van der Waals surface area contributed by atoms with Crippen LogP contribution in [0.4, 0.5) is 4.20 Å². The van der Waals surface area contributed by atoms with Crippen molar-refractivity contribution in [2.45, 2.75) is 64.6 Å². The third-order valence-electron chi connectivity index (χ3n) is 3.24. The molecule has 0 aromatic heterocycles. The van der Waals surface area contributed by atoms with Gasteiger partial charge in [0.2, 0.25) is 0 Å². The van der Waals surface area contributed by atoms with E-state index in [2.05, 4.69) is 0 Å². The van der Waals surface area contributed by atoms with Crippen molar-refractivity contribution < 1.29 is 13.3 Å². The van der Waals surface area contributed by atoms with Crippen LogP contribution in [0.1, 0.15) is 52.9 Å². The van der Waals surface area contributed by atoms with E-state index in [4.69, 9.17) is 4.52 Å². The van der Waals surface area contributed by atoms with E-state index in [0.29, 0.717) is 5.92 Å². The maximum Gasteiger partial charge on any atom is 0.370 e. The first-order valence-electron chi connectivity index (χ1n) is 5.91. The molecular weight excluding hydrogens is 214 g/mol. The minimum absolute atomic E-state index is 0.205. The lowest BCUT2D eigenvalue weighted by molar-refractivity contribution is 0.115. The van der Waals surface area contributed by atoms with Crippen LogP contribution in [-0.4, -0.2) is 11.8 Å². The van der Waals surface area contributed by atoms with Gasteiger partial charge in [0.15, 0.2) is 0 Å². The van der Waals surface area contributed by atoms with Crippen LogP contribution in [0.3, 0.4) is 0 Å². The fourth-order valence-corrected chi connectivity index (χ4v) is 2.91. The minimum Gasteiger partial charge on any atom is -0.302 e. The summed E-state index contributed by atoms with van der Waals surface area (Å²) in [4.78, 5) is 0. The molecule has 0 spiro atoms. The molecule has 1 rings (SSSR count). The first-order chi connectivity index (χ1) is 6.93. The van der Waals surface area contributed by atoms with Crippen LogP contribution >= 0.6 is 7.68 Å². The zero-order chi connectivity index (χ0) is 11.5. The Balaban J connectivity index is 2.46. The maximum atomic E-state index is 13.6. The highest BCUT2D eigenvalue weighted by Gasteiger charge is 2.32. The lowest BCUT2D eigenvalue weighted by atomic mass is 9.86. The van der Waals surface area contributed by atoms with Crippen molar-refractivity contribution in [3.8, 4) is 0 Å². The Labute approximate surface area is 92.2 Å². The Morgan fingerprint density at radius 2 is 1.73 bits per heavy atom. The standard InChI is InChI=1S/C11H22FO2P/c1-9(2)15(12,13)14-10(3)11-7-5-4-6-8-11/h9-11H,4-8H2,1-3H3. The third-order valence-corrected chi connectivity index (χ3v) is 5.09. The molecule has 0 heterocycles. The van der Waals surface area contributed by atoms with E-state index in [1.54, 1.807) is 13.8 Å². The summed E-state index contributed by atoms with van der Waals surface area (Å²) in [6.07, 6.45) is 5.61. The van der Waals surface area contributed by atoms with Crippen molar-refractivity contribution in [1.82, 2.24) is 0 Å². The summed E-state index contributed by atoms with van der Waals surface area (Å²) in [6, 6.07) is 0. The van der Waals surface area contributed by atoms with Gasteiger partial charge in [0.25, 0.3) is 0 Å². The smallest absolute Gasteiger partial charge is 0.302 e. The zero-order valence-electron chi connectivity index (χ0n) is 9.91. The van der Waals surface area contributed by atoms with Crippen molar-refractivity contribution in [3.05, 3.63) is 0 Å². The summed E-state index contributed by atoms with van der Waals surface area (Å²) < 4.78 is 30.2. The van der Waals surface area contributed by atoms with Crippen LogP contribution in [0.25, 0.3) is 0 Å². The molecule has 0 N–H and O–H groups in total. The van der Waals surface area contributed by atoms with Crippen molar-refractivity contribution in [3.63, 3.8) is 0 Å². The van der Waals surface area contributed by atoms with Gasteiger partial charge in [-0.3, -0.25) is 4.57 Å². The Kier molecular flexibility index (Phi) is 4.79. The number of rotatable bonds is 4. The molecule has 0 aromatic carbocycles. The molecule has 4 heteroatoms. The normalized spacial score (nSPS) is 25.1. The first-order valence-corrected chi connectivity index (χ1v) is 7.49. The second-order valence-corrected chi connectivity index (χ2v) is 7.11. The molecule has 0 amide bonds. The molecule has 0 saturated heterocycles. The van der Waals surface area contributed by atoms with E-state index in [0.717, 1.165) is 12.8 Å². The first kappa shape index (κ1) is 13.2. The van der Waals surface area contributed by atoms with Gasteiger partial charge >= 0.3 is 7.68 Å². The number of hydrogen-bond acceptors (Lipinski definition) is 2. The summed E-state index contributed by atoms with van der Waals surface area (Å²) in [5.74, 6) is 0.390. The van der Waals surface area contributed by atoms with Crippen LogP contribution in [0.5, 0.6) is 0 Å². The molecule has 0 radical (unpaired) electrons. The topological polar surface area (TPSA) is 26.3 Å². The SMILES string of the molecule is CC(OP(=O)(F)C(C)C)C1CCCCC1. The highest BCUT2D eigenvalue weighted by atomic mass is 31.2. The quantitative estimate of drug-likeness (QED) is 0.670. The van der Waals surface area contributed by atoms with Crippen LogP contribution < -0.4 is 0 Å². The third kappa shape index (κ3) is 3.88. The van der Waals surface area contributed by atoms with Gasteiger partial charge < -0.3 is 4.52 Å². The largest absolute Gasteiger partial charge is 0.370 e. The molecular formula is C11H22FO2P. The average Bonchev–Trinajstić information content (AvgIpc) is 2.18. The second kappa shape index (κ2) is 5.45. The summed E-state index contributed by atoms with van der Waals surface area (Å²) in [5, 5.41) is 0. The molecule has 90 valence electrons. The van der Waals surface area contributed by atoms with E-state index >= 15 is 0 Å². The van der Waals surface area contributed by atoms with Gasteiger partial charge in [-0.25, -0.2) is 0 Å². The van der Waals surface area contributed by atoms with E-state index < -0.39 is 13.3 Å². The Morgan fingerprint density at radius 1 is 1.20 bits per heavy atom. The van der Waals surface area contributed by atoms with Crippen molar-refractivity contribution >= 4 is 7.68 Å². The fraction of sp³-hybridized carbons (Fsp3) is 1.00. The number of hydrogen-bond donors (Lipinski definition) is 0. The average molecular weight is 236 g/mol. The van der Waals surface area contributed by atoms with Gasteiger partial charge in [-0.1, -0.05) is 33.1 Å². The molecule has 0 aromatic rings. The van der Waals surface area contributed by atoms with Crippen LogP contribution in [-0.2, 0) is 9.09 Å². The van der Waals surface area contributed by atoms with Gasteiger partial charge in [0.05, 0.1) is 11.8 Å².